The smallest absolute Gasteiger partial charge is 0.123 e. The van der Waals surface area contributed by atoms with E-state index in [0.29, 0.717) is 6.54 Å². The predicted octanol–water partition coefficient (Wildman–Crippen LogP) is 3.56. The van der Waals surface area contributed by atoms with E-state index >= 15 is 0 Å². The van der Waals surface area contributed by atoms with Crippen molar-refractivity contribution in [2.24, 2.45) is 0 Å². The summed E-state index contributed by atoms with van der Waals surface area (Å²) in [5, 5.41) is 4.12. The topological polar surface area (TPSA) is 49.9 Å². The molecule has 0 fully saturated rings. The Morgan fingerprint density at radius 2 is 2.09 bits per heavy atom. The van der Waals surface area contributed by atoms with Crippen molar-refractivity contribution in [2.45, 2.75) is 13.0 Å². The number of H-pyrrole nitrogens is 1. The van der Waals surface area contributed by atoms with Crippen molar-refractivity contribution in [3.8, 4) is 5.75 Å². The van der Waals surface area contributed by atoms with Gasteiger partial charge in [0.1, 0.15) is 11.6 Å². The molecular formula is C17H18ClN3O. The van der Waals surface area contributed by atoms with Crippen LogP contribution in [0.15, 0.2) is 42.5 Å². The molecule has 0 atom stereocenters. The lowest BCUT2D eigenvalue weighted by Crippen LogP contribution is -2.17. The minimum Gasteiger partial charge on any atom is -0.496 e. The van der Waals surface area contributed by atoms with Gasteiger partial charge in [0.25, 0.3) is 0 Å². The number of fused-ring (bicyclic) bond motifs is 1. The molecule has 5 heteroatoms. The standard InChI is InChI=1S/C17H18ClN3O/c1-22-16-7-6-13(18)10-12(16)11-19-9-8-17-20-14-4-2-3-5-15(14)21-17/h2-7,10,19H,8-9,11H2,1H3,(H,20,21). The van der Waals surface area contributed by atoms with Crippen molar-refractivity contribution in [2.75, 3.05) is 13.7 Å². The van der Waals surface area contributed by atoms with Crippen molar-refractivity contribution in [1.82, 2.24) is 15.3 Å². The zero-order chi connectivity index (χ0) is 15.4. The van der Waals surface area contributed by atoms with Crippen LogP contribution in [0.5, 0.6) is 5.75 Å². The Hall–Kier alpha value is -2.04. The maximum absolute atomic E-state index is 6.03. The minimum absolute atomic E-state index is 0.712. The highest BCUT2D eigenvalue weighted by molar-refractivity contribution is 6.30. The highest BCUT2D eigenvalue weighted by Crippen LogP contribution is 2.22. The number of nitrogens with zero attached hydrogens (tertiary/aromatic N) is 1. The van der Waals surface area contributed by atoms with Gasteiger partial charge in [0.15, 0.2) is 0 Å². The fourth-order valence-corrected chi connectivity index (χ4v) is 2.63. The monoisotopic (exact) mass is 315 g/mol. The van der Waals surface area contributed by atoms with Crippen LogP contribution in [0.25, 0.3) is 11.0 Å². The number of benzene rings is 2. The lowest BCUT2D eigenvalue weighted by atomic mass is 10.2. The van der Waals surface area contributed by atoms with E-state index in [1.807, 2.05) is 42.5 Å². The van der Waals surface area contributed by atoms with E-state index in [9.17, 15) is 0 Å². The van der Waals surface area contributed by atoms with Gasteiger partial charge in [0.2, 0.25) is 0 Å². The number of methoxy groups -OCH3 is 1. The van der Waals surface area contributed by atoms with Crippen molar-refractivity contribution in [3.05, 3.63) is 58.9 Å². The van der Waals surface area contributed by atoms with Gasteiger partial charge in [0.05, 0.1) is 18.1 Å². The zero-order valence-corrected chi connectivity index (χ0v) is 13.2. The fraction of sp³-hybridized carbons (Fsp3) is 0.235. The first-order valence-electron chi connectivity index (χ1n) is 7.23. The number of halogens is 1. The fourth-order valence-electron chi connectivity index (χ4n) is 2.44. The van der Waals surface area contributed by atoms with Crippen LogP contribution in [0.3, 0.4) is 0 Å². The number of nitrogens with one attached hydrogen (secondary N) is 2. The molecule has 1 aromatic heterocycles. The Bertz CT molecular complexity index is 736. The first kappa shape index (κ1) is 14.9. The van der Waals surface area contributed by atoms with Crippen LogP contribution in [-0.2, 0) is 13.0 Å². The van der Waals surface area contributed by atoms with E-state index in [-0.39, 0.29) is 0 Å². The van der Waals surface area contributed by atoms with Gasteiger partial charge in [-0.2, -0.15) is 0 Å². The number of imidazole rings is 1. The summed E-state index contributed by atoms with van der Waals surface area (Å²) < 4.78 is 5.34. The number of hydrogen-bond donors (Lipinski definition) is 2. The highest BCUT2D eigenvalue weighted by atomic mass is 35.5. The van der Waals surface area contributed by atoms with Crippen molar-refractivity contribution in [1.29, 1.82) is 0 Å². The Balaban J connectivity index is 1.56. The summed E-state index contributed by atoms with van der Waals surface area (Å²) in [6, 6.07) is 13.7. The van der Waals surface area contributed by atoms with Gasteiger partial charge >= 0.3 is 0 Å². The Morgan fingerprint density at radius 1 is 1.23 bits per heavy atom. The summed E-state index contributed by atoms with van der Waals surface area (Å²) in [5.41, 5.74) is 3.14. The quantitative estimate of drug-likeness (QED) is 0.684. The van der Waals surface area contributed by atoms with Crippen LogP contribution in [0.4, 0.5) is 0 Å². The molecule has 0 aliphatic heterocycles. The third kappa shape index (κ3) is 3.40. The summed E-state index contributed by atoms with van der Waals surface area (Å²) in [6.07, 6.45) is 0.845. The Labute approximate surface area is 134 Å². The van der Waals surface area contributed by atoms with Gasteiger partial charge in [0, 0.05) is 30.1 Å². The van der Waals surface area contributed by atoms with E-state index in [1.165, 1.54) is 0 Å². The number of aromatic amines is 1. The Morgan fingerprint density at radius 3 is 2.91 bits per heavy atom. The predicted molar refractivity (Wildman–Crippen MR) is 89.5 cm³/mol. The van der Waals surface area contributed by atoms with Crippen molar-refractivity contribution in [3.63, 3.8) is 0 Å². The summed E-state index contributed by atoms with van der Waals surface area (Å²) in [6.45, 7) is 1.54. The lowest BCUT2D eigenvalue weighted by Gasteiger charge is -2.09. The largest absolute Gasteiger partial charge is 0.496 e. The van der Waals surface area contributed by atoms with Crippen LogP contribution in [0.2, 0.25) is 5.02 Å². The third-order valence-electron chi connectivity index (χ3n) is 3.53. The molecule has 0 amide bonds. The summed E-state index contributed by atoms with van der Waals surface area (Å²) in [7, 11) is 1.67. The molecule has 0 radical (unpaired) electrons. The van der Waals surface area contributed by atoms with E-state index < -0.39 is 0 Å². The first-order valence-corrected chi connectivity index (χ1v) is 7.61. The zero-order valence-electron chi connectivity index (χ0n) is 12.4. The van der Waals surface area contributed by atoms with E-state index in [1.54, 1.807) is 7.11 Å². The highest BCUT2D eigenvalue weighted by Gasteiger charge is 2.05. The summed E-state index contributed by atoms with van der Waals surface area (Å²) >= 11 is 6.03. The maximum atomic E-state index is 6.03. The van der Waals surface area contributed by atoms with Gasteiger partial charge in [-0.15, -0.1) is 0 Å². The van der Waals surface area contributed by atoms with Crippen LogP contribution in [0.1, 0.15) is 11.4 Å². The number of hydrogen-bond acceptors (Lipinski definition) is 3. The molecule has 22 heavy (non-hydrogen) atoms. The van der Waals surface area contributed by atoms with Crippen LogP contribution in [-0.4, -0.2) is 23.6 Å². The lowest BCUT2D eigenvalue weighted by molar-refractivity contribution is 0.408. The molecule has 3 rings (SSSR count). The van der Waals surface area contributed by atoms with Gasteiger partial charge in [-0.25, -0.2) is 4.98 Å². The second-order valence-electron chi connectivity index (χ2n) is 5.08. The van der Waals surface area contributed by atoms with Crippen LogP contribution in [0, 0.1) is 0 Å². The SMILES string of the molecule is COc1ccc(Cl)cc1CNCCc1nc2ccccc2[nH]1. The van der Waals surface area contributed by atoms with Crippen LogP contribution < -0.4 is 10.1 Å². The molecule has 1 heterocycles. The third-order valence-corrected chi connectivity index (χ3v) is 3.77. The van der Waals surface area contributed by atoms with E-state index in [0.717, 1.165) is 46.2 Å². The molecule has 0 unspecified atom stereocenters. The second kappa shape index (κ2) is 6.81. The molecule has 0 bridgehead atoms. The summed E-state index contributed by atoms with van der Waals surface area (Å²) in [5.74, 6) is 1.84. The van der Waals surface area contributed by atoms with E-state index in [4.69, 9.17) is 16.3 Å². The number of rotatable bonds is 6. The first-order chi connectivity index (χ1) is 10.8. The van der Waals surface area contributed by atoms with Crippen molar-refractivity contribution >= 4 is 22.6 Å². The van der Waals surface area contributed by atoms with Crippen LogP contribution >= 0.6 is 11.6 Å². The average Bonchev–Trinajstić information content (AvgIpc) is 2.94. The number of ether oxygens (including phenoxy) is 1. The Kier molecular flexibility index (Phi) is 4.61. The summed E-state index contributed by atoms with van der Waals surface area (Å²) in [4.78, 5) is 7.89. The van der Waals surface area contributed by atoms with Gasteiger partial charge < -0.3 is 15.0 Å². The molecule has 0 saturated carbocycles. The average molecular weight is 316 g/mol. The molecule has 3 aromatic rings. The molecule has 0 saturated heterocycles. The molecule has 0 spiro atoms. The minimum atomic E-state index is 0.712. The molecule has 2 aromatic carbocycles. The van der Waals surface area contributed by atoms with E-state index in [2.05, 4.69) is 15.3 Å². The maximum Gasteiger partial charge on any atom is 0.123 e. The van der Waals surface area contributed by atoms with Crippen molar-refractivity contribution < 1.29 is 4.74 Å². The second-order valence-corrected chi connectivity index (χ2v) is 5.52. The van der Waals surface area contributed by atoms with Gasteiger partial charge in [-0.1, -0.05) is 23.7 Å². The number of para-hydroxylation sites is 2. The number of aromatic nitrogens is 2. The van der Waals surface area contributed by atoms with Gasteiger partial charge in [-0.05, 0) is 30.3 Å². The molecule has 0 aliphatic carbocycles. The molecule has 0 aliphatic rings. The molecule has 2 N–H and O–H groups in total. The molecule has 114 valence electrons. The normalized spacial score (nSPS) is 11.0. The molecular weight excluding hydrogens is 298 g/mol. The molecule has 4 nitrogen and oxygen atoms in total. The van der Waals surface area contributed by atoms with Gasteiger partial charge in [-0.3, -0.25) is 0 Å².